The fourth-order valence-corrected chi connectivity index (χ4v) is 2.74. The van der Waals surface area contributed by atoms with E-state index in [0.29, 0.717) is 12.1 Å². The molecule has 1 aliphatic rings. The van der Waals surface area contributed by atoms with E-state index in [1.54, 1.807) is 0 Å². The quantitative estimate of drug-likeness (QED) is 0.886. The summed E-state index contributed by atoms with van der Waals surface area (Å²) in [6.45, 7) is 4.60. The van der Waals surface area contributed by atoms with Gasteiger partial charge in [0.2, 0.25) is 0 Å². The van der Waals surface area contributed by atoms with Gasteiger partial charge in [-0.3, -0.25) is 0 Å². The van der Waals surface area contributed by atoms with Crippen LogP contribution in [0.15, 0.2) is 24.3 Å². The van der Waals surface area contributed by atoms with Gasteiger partial charge in [0.25, 0.3) is 0 Å². The van der Waals surface area contributed by atoms with Gasteiger partial charge in [-0.25, -0.2) is 0 Å². The molecule has 1 aromatic carbocycles. The van der Waals surface area contributed by atoms with Gasteiger partial charge in [-0.2, -0.15) is 0 Å². The summed E-state index contributed by atoms with van der Waals surface area (Å²) in [5.74, 6) is 0. The molecule has 0 aliphatic carbocycles. The zero-order chi connectivity index (χ0) is 12.3. The minimum absolute atomic E-state index is 0.478. The summed E-state index contributed by atoms with van der Waals surface area (Å²) in [4.78, 5) is 2.37. The molecular formula is C14H21ClN2. The molecule has 1 aromatic rings. The molecule has 2 atom stereocenters. The lowest BCUT2D eigenvalue weighted by Crippen LogP contribution is -2.39. The van der Waals surface area contributed by atoms with Crippen LogP contribution >= 0.6 is 11.6 Å². The summed E-state index contributed by atoms with van der Waals surface area (Å²) in [6.07, 6.45) is 2.25. The Morgan fingerprint density at radius 3 is 2.88 bits per heavy atom. The second-order valence-electron chi connectivity index (χ2n) is 5.11. The fraction of sp³-hybridized carbons (Fsp3) is 0.571. The number of rotatable bonds is 4. The Morgan fingerprint density at radius 2 is 2.24 bits per heavy atom. The zero-order valence-corrected chi connectivity index (χ0v) is 11.4. The van der Waals surface area contributed by atoms with Gasteiger partial charge in [0, 0.05) is 23.7 Å². The highest BCUT2D eigenvalue weighted by Gasteiger charge is 2.20. The molecule has 0 amide bonds. The summed E-state index contributed by atoms with van der Waals surface area (Å²) in [5, 5.41) is 4.56. The van der Waals surface area contributed by atoms with E-state index < -0.39 is 0 Å². The van der Waals surface area contributed by atoms with Crippen LogP contribution in [0, 0.1) is 0 Å². The first-order valence-corrected chi connectivity index (χ1v) is 6.71. The maximum atomic E-state index is 6.17. The van der Waals surface area contributed by atoms with Crippen LogP contribution in [0.25, 0.3) is 0 Å². The van der Waals surface area contributed by atoms with Crippen LogP contribution in [-0.2, 0) is 6.42 Å². The number of benzene rings is 1. The molecule has 94 valence electrons. The summed E-state index contributed by atoms with van der Waals surface area (Å²) in [6, 6.07) is 9.23. The predicted octanol–water partition coefficient (Wildman–Crippen LogP) is 2.56. The van der Waals surface area contributed by atoms with Crippen LogP contribution in [0.2, 0.25) is 5.02 Å². The number of likely N-dealkylation sites (N-methyl/N-ethyl adjacent to an activating group) is 1. The molecule has 0 saturated carbocycles. The van der Waals surface area contributed by atoms with Crippen LogP contribution < -0.4 is 5.32 Å². The molecule has 2 rings (SSSR count). The third-order valence-electron chi connectivity index (χ3n) is 3.40. The van der Waals surface area contributed by atoms with Crippen LogP contribution in [0.4, 0.5) is 0 Å². The van der Waals surface area contributed by atoms with Crippen molar-refractivity contribution in [1.29, 1.82) is 0 Å². The van der Waals surface area contributed by atoms with Crippen LogP contribution in [0.3, 0.4) is 0 Å². The van der Waals surface area contributed by atoms with Crippen molar-refractivity contribution in [1.82, 2.24) is 10.2 Å². The van der Waals surface area contributed by atoms with E-state index in [0.717, 1.165) is 18.0 Å². The SMILES string of the molecule is CC(Cc1ccccc1Cl)NC1CCN(C)C1. The number of hydrogen-bond acceptors (Lipinski definition) is 2. The summed E-state index contributed by atoms with van der Waals surface area (Å²) < 4.78 is 0. The second kappa shape index (κ2) is 5.85. The first-order chi connectivity index (χ1) is 8.15. The molecule has 0 bridgehead atoms. The molecular weight excluding hydrogens is 232 g/mol. The second-order valence-corrected chi connectivity index (χ2v) is 5.52. The summed E-state index contributed by atoms with van der Waals surface area (Å²) >= 11 is 6.17. The van der Waals surface area contributed by atoms with E-state index in [1.807, 2.05) is 12.1 Å². The molecule has 1 heterocycles. The minimum Gasteiger partial charge on any atom is -0.310 e. The van der Waals surface area contributed by atoms with Gasteiger partial charge < -0.3 is 10.2 Å². The number of nitrogens with zero attached hydrogens (tertiary/aromatic N) is 1. The van der Waals surface area contributed by atoms with Crippen molar-refractivity contribution < 1.29 is 0 Å². The Balaban J connectivity index is 1.85. The minimum atomic E-state index is 0.478. The van der Waals surface area contributed by atoms with Crippen LogP contribution in [0.5, 0.6) is 0 Å². The van der Waals surface area contributed by atoms with Gasteiger partial charge in [0.05, 0.1) is 0 Å². The molecule has 1 aliphatic heterocycles. The standard InChI is InChI=1S/C14H21ClN2/c1-11(16-13-7-8-17(2)10-13)9-12-5-3-4-6-14(12)15/h3-6,11,13,16H,7-10H2,1-2H3. The largest absolute Gasteiger partial charge is 0.310 e. The van der Waals surface area contributed by atoms with Gasteiger partial charge in [0.15, 0.2) is 0 Å². The normalized spacial score (nSPS) is 22.9. The molecule has 2 nitrogen and oxygen atoms in total. The van der Waals surface area contributed by atoms with Crippen molar-refractivity contribution in [2.75, 3.05) is 20.1 Å². The molecule has 1 saturated heterocycles. The van der Waals surface area contributed by atoms with Gasteiger partial charge in [0.1, 0.15) is 0 Å². The molecule has 3 heteroatoms. The fourth-order valence-electron chi connectivity index (χ4n) is 2.53. The summed E-state index contributed by atoms with van der Waals surface area (Å²) in [7, 11) is 2.18. The van der Waals surface area contributed by atoms with Crippen molar-refractivity contribution in [2.24, 2.45) is 0 Å². The average molecular weight is 253 g/mol. The molecule has 17 heavy (non-hydrogen) atoms. The van der Waals surface area contributed by atoms with Crippen LogP contribution in [-0.4, -0.2) is 37.1 Å². The first-order valence-electron chi connectivity index (χ1n) is 6.33. The van der Waals surface area contributed by atoms with Crippen molar-refractivity contribution in [2.45, 2.75) is 31.8 Å². The lowest BCUT2D eigenvalue weighted by molar-refractivity contribution is 0.384. The Hall–Kier alpha value is -0.570. The molecule has 2 unspecified atom stereocenters. The number of hydrogen-bond donors (Lipinski definition) is 1. The van der Waals surface area contributed by atoms with Gasteiger partial charge in [-0.15, -0.1) is 0 Å². The Kier molecular flexibility index (Phi) is 4.43. The van der Waals surface area contributed by atoms with Gasteiger partial charge in [-0.1, -0.05) is 29.8 Å². The highest BCUT2D eigenvalue weighted by Crippen LogP contribution is 2.17. The Bertz CT molecular complexity index is 367. The van der Waals surface area contributed by atoms with E-state index in [1.165, 1.54) is 18.5 Å². The van der Waals surface area contributed by atoms with E-state index >= 15 is 0 Å². The Labute approximate surface area is 109 Å². The van der Waals surface area contributed by atoms with E-state index in [-0.39, 0.29) is 0 Å². The molecule has 1 fully saturated rings. The van der Waals surface area contributed by atoms with Crippen molar-refractivity contribution in [3.05, 3.63) is 34.9 Å². The number of nitrogens with one attached hydrogen (secondary N) is 1. The molecule has 0 spiro atoms. The van der Waals surface area contributed by atoms with Gasteiger partial charge in [-0.05, 0) is 45.0 Å². The molecule has 0 aromatic heterocycles. The highest BCUT2D eigenvalue weighted by atomic mass is 35.5. The van der Waals surface area contributed by atoms with Crippen molar-refractivity contribution in [3.63, 3.8) is 0 Å². The van der Waals surface area contributed by atoms with E-state index in [4.69, 9.17) is 11.6 Å². The monoisotopic (exact) mass is 252 g/mol. The smallest absolute Gasteiger partial charge is 0.0438 e. The average Bonchev–Trinajstić information content (AvgIpc) is 2.67. The highest BCUT2D eigenvalue weighted by molar-refractivity contribution is 6.31. The Morgan fingerprint density at radius 1 is 1.47 bits per heavy atom. The summed E-state index contributed by atoms with van der Waals surface area (Å²) in [5.41, 5.74) is 1.24. The van der Waals surface area contributed by atoms with Crippen molar-refractivity contribution in [3.8, 4) is 0 Å². The third-order valence-corrected chi connectivity index (χ3v) is 3.76. The number of likely N-dealkylation sites (tertiary alicyclic amines) is 1. The lowest BCUT2D eigenvalue weighted by atomic mass is 10.1. The predicted molar refractivity (Wildman–Crippen MR) is 73.7 cm³/mol. The van der Waals surface area contributed by atoms with E-state index in [9.17, 15) is 0 Å². The third kappa shape index (κ3) is 3.70. The molecule has 1 N–H and O–H groups in total. The maximum Gasteiger partial charge on any atom is 0.0438 e. The number of halogens is 1. The van der Waals surface area contributed by atoms with Crippen molar-refractivity contribution >= 4 is 11.6 Å². The maximum absolute atomic E-state index is 6.17. The van der Waals surface area contributed by atoms with E-state index in [2.05, 4.69) is 36.3 Å². The van der Waals surface area contributed by atoms with Crippen LogP contribution in [0.1, 0.15) is 18.9 Å². The zero-order valence-electron chi connectivity index (χ0n) is 10.6. The first kappa shape index (κ1) is 12.9. The molecule has 0 radical (unpaired) electrons. The lowest BCUT2D eigenvalue weighted by Gasteiger charge is -2.20. The topological polar surface area (TPSA) is 15.3 Å². The van der Waals surface area contributed by atoms with Gasteiger partial charge >= 0.3 is 0 Å².